The molecular formula is C40H31Cl2NO. The van der Waals surface area contributed by atoms with Crippen LogP contribution in [0, 0.1) is 13.8 Å². The van der Waals surface area contributed by atoms with Gasteiger partial charge in [0.05, 0.1) is 0 Å². The quantitative estimate of drug-likeness (QED) is 0.170. The Labute approximate surface area is 269 Å². The Hall–Kier alpha value is -4.76. The fourth-order valence-electron chi connectivity index (χ4n) is 5.02. The lowest BCUT2D eigenvalue weighted by Gasteiger charge is -2.25. The summed E-state index contributed by atoms with van der Waals surface area (Å²) in [4.78, 5) is 2.27. The van der Waals surface area contributed by atoms with Crippen LogP contribution in [0.1, 0.15) is 39.3 Å². The van der Waals surface area contributed by atoms with E-state index in [2.05, 4.69) is 97.6 Å². The molecule has 0 N–H and O–H groups in total. The molecule has 0 unspecified atom stereocenters. The van der Waals surface area contributed by atoms with Gasteiger partial charge in [-0.15, -0.1) is 0 Å². The molecule has 0 aliphatic heterocycles. The molecule has 0 saturated carbocycles. The van der Waals surface area contributed by atoms with Gasteiger partial charge in [0.2, 0.25) is 0 Å². The zero-order valence-corrected chi connectivity index (χ0v) is 26.1. The van der Waals surface area contributed by atoms with Gasteiger partial charge in [0.15, 0.2) is 0 Å². The summed E-state index contributed by atoms with van der Waals surface area (Å²) in [7, 11) is 0. The number of hydrogen-bond acceptors (Lipinski definition) is 2. The fourth-order valence-corrected chi connectivity index (χ4v) is 5.27. The highest BCUT2D eigenvalue weighted by Crippen LogP contribution is 2.35. The monoisotopic (exact) mass is 611 g/mol. The number of nitrogens with zero attached hydrogens (tertiary/aromatic N) is 1. The van der Waals surface area contributed by atoms with Crippen molar-refractivity contribution in [1.29, 1.82) is 0 Å². The molecule has 0 amide bonds. The lowest BCUT2D eigenvalue weighted by molar-refractivity contribution is 0.547. The Balaban J connectivity index is 1.24. The smallest absolute Gasteiger partial charge is 0.128 e. The first-order valence-electron chi connectivity index (χ1n) is 14.5. The number of hydrogen-bond donors (Lipinski definition) is 0. The zero-order chi connectivity index (χ0) is 30.5. The molecule has 0 aliphatic rings. The molecule has 6 rings (SSSR count). The molecule has 0 saturated heterocycles. The van der Waals surface area contributed by atoms with Crippen LogP contribution in [0.4, 0.5) is 17.1 Å². The van der Waals surface area contributed by atoms with Crippen LogP contribution in [0.25, 0.3) is 23.8 Å². The molecular weight excluding hydrogens is 581 g/mol. The van der Waals surface area contributed by atoms with Crippen LogP contribution >= 0.6 is 23.2 Å². The molecule has 0 fully saturated rings. The van der Waals surface area contributed by atoms with Crippen molar-refractivity contribution in [1.82, 2.24) is 0 Å². The summed E-state index contributed by atoms with van der Waals surface area (Å²) in [5.74, 6) is 1.53. The highest BCUT2D eigenvalue weighted by Gasteiger charge is 2.12. The Morgan fingerprint density at radius 1 is 0.500 bits per heavy atom. The van der Waals surface area contributed by atoms with E-state index in [9.17, 15) is 0 Å². The second-order valence-corrected chi connectivity index (χ2v) is 11.6. The minimum Gasteiger partial charge on any atom is -0.457 e. The van der Waals surface area contributed by atoms with Crippen molar-refractivity contribution in [2.24, 2.45) is 0 Å². The van der Waals surface area contributed by atoms with Crippen LogP contribution in [-0.4, -0.2) is 0 Å². The average Bonchev–Trinajstić information content (AvgIpc) is 3.50. The lowest BCUT2D eigenvalue weighted by atomic mass is 9.97. The summed E-state index contributed by atoms with van der Waals surface area (Å²) in [6.07, 6.45) is 6.11. The van der Waals surface area contributed by atoms with Crippen molar-refractivity contribution >= 4 is 64.1 Å². The molecule has 0 aliphatic carbocycles. The Bertz CT molecular complexity index is 1800. The van der Waals surface area contributed by atoms with Crippen molar-refractivity contribution in [3.8, 4) is 0 Å². The van der Waals surface area contributed by atoms with E-state index in [4.69, 9.17) is 27.6 Å². The van der Waals surface area contributed by atoms with Gasteiger partial charge in [0, 0.05) is 27.1 Å². The third-order valence-corrected chi connectivity index (χ3v) is 7.92. The van der Waals surface area contributed by atoms with Gasteiger partial charge in [-0.3, -0.25) is 0 Å². The summed E-state index contributed by atoms with van der Waals surface area (Å²) in [5, 5.41) is 1.39. The van der Waals surface area contributed by atoms with Crippen LogP contribution in [-0.2, 0) is 0 Å². The van der Waals surface area contributed by atoms with Crippen molar-refractivity contribution in [2.45, 2.75) is 13.8 Å². The van der Waals surface area contributed by atoms with Crippen LogP contribution in [0.3, 0.4) is 0 Å². The predicted octanol–water partition coefficient (Wildman–Crippen LogP) is 12.4. The van der Waals surface area contributed by atoms with E-state index in [0.29, 0.717) is 10.0 Å². The molecule has 2 nitrogen and oxygen atoms in total. The maximum Gasteiger partial charge on any atom is 0.128 e. The first-order valence-corrected chi connectivity index (χ1v) is 15.2. The Morgan fingerprint density at radius 3 is 1.41 bits per heavy atom. The number of anilines is 3. The lowest BCUT2D eigenvalue weighted by Crippen LogP contribution is -2.09. The van der Waals surface area contributed by atoms with Gasteiger partial charge >= 0.3 is 0 Å². The van der Waals surface area contributed by atoms with Crippen molar-refractivity contribution in [3.63, 3.8) is 0 Å². The van der Waals surface area contributed by atoms with E-state index in [-0.39, 0.29) is 0 Å². The van der Waals surface area contributed by atoms with Crippen LogP contribution in [0.15, 0.2) is 138 Å². The third kappa shape index (κ3) is 7.06. The van der Waals surface area contributed by atoms with E-state index in [1.807, 2.05) is 72.8 Å². The van der Waals surface area contributed by atoms with Crippen molar-refractivity contribution in [2.75, 3.05) is 4.90 Å². The molecule has 4 heteroatoms. The van der Waals surface area contributed by atoms with Crippen LogP contribution < -0.4 is 4.90 Å². The second-order valence-electron chi connectivity index (χ2n) is 10.7. The number of rotatable bonds is 8. The first-order chi connectivity index (χ1) is 21.4. The molecule has 1 aromatic heterocycles. The van der Waals surface area contributed by atoms with Crippen LogP contribution in [0.2, 0.25) is 10.0 Å². The summed E-state index contributed by atoms with van der Waals surface area (Å²) >= 11 is 12.3. The van der Waals surface area contributed by atoms with Crippen molar-refractivity contribution in [3.05, 3.63) is 183 Å². The Morgan fingerprint density at radius 2 is 0.932 bits per heavy atom. The second kappa shape index (κ2) is 13.3. The number of furan rings is 1. The van der Waals surface area contributed by atoms with Gasteiger partial charge in [-0.1, -0.05) is 101 Å². The van der Waals surface area contributed by atoms with Gasteiger partial charge in [0.25, 0.3) is 0 Å². The summed E-state index contributed by atoms with van der Waals surface area (Å²) < 4.78 is 6.20. The standard InChI is InChI=1S/C40H31Cl2NO/c1-28-3-18-35(19-4-28)43(36-20-5-29(2)6-21-36)37-22-7-30(8-23-37)9-24-38-25-26-39(44-38)27-40(31-10-14-33(41)15-11-31)32-12-16-34(42)17-13-32/h3-27H,1-2H3. The minimum atomic E-state index is 0.695. The molecule has 0 spiro atoms. The predicted molar refractivity (Wildman–Crippen MR) is 188 cm³/mol. The minimum absolute atomic E-state index is 0.695. The van der Waals surface area contributed by atoms with E-state index in [0.717, 1.165) is 50.8 Å². The van der Waals surface area contributed by atoms with Gasteiger partial charge in [0.1, 0.15) is 11.5 Å². The summed E-state index contributed by atoms with van der Waals surface area (Å²) in [6, 6.07) is 45.4. The van der Waals surface area contributed by atoms with E-state index in [1.165, 1.54) is 11.1 Å². The molecule has 0 radical (unpaired) electrons. The van der Waals surface area contributed by atoms with Gasteiger partial charge in [-0.05, 0) is 121 Å². The molecule has 216 valence electrons. The summed E-state index contributed by atoms with van der Waals surface area (Å²) in [5.41, 5.74) is 9.99. The molecule has 1 heterocycles. The third-order valence-electron chi connectivity index (χ3n) is 7.42. The fraction of sp³-hybridized carbons (Fsp3) is 0.0500. The molecule has 44 heavy (non-hydrogen) atoms. The number of aryl methyl sites for hydroxylation is 2. The molecule has 5 aromatic carbocycles. The molecule has 0 atom stereocenters. The maximum atomic E-state index is 6.20. The highest BCUT2D eigenvalue weighted by molar-refractivity contribution is 6.31. The largest absolute Gasteiger partial charge is 0.457 e. The van der Waals surface area contributed by atoms with Gasteiger partial charge in [-0.2, -0.15) is 0 Å². The topological polar surface area (TPSA) is 16.4 Å². The summed E-state index contributed by atoms with van der Waals surface area (Å²) in [6.45, 7) is 4.22. The molecule has 6 aromatic rings. The zero-order valence-electron chi connectivity index (χ0n) is 24.5. The Kier molecular flexibility index (Phi) is 8.84. The normalized spacial score (nSPS) is 11.1. The average molecular weight is 613 g/mol. The van der Waals surface area contributed by atoms with Crippen LogP contribution in [0.5, 0.6) is 0 Å². The number of benzene rings is 5. The first kappa shape index (κ1) is 29.3. The van der Waals surface area contributed by atoms with Gasteiger partial charge < -0.3 is 9.32 Å². The maximum absolute atomic E-state index is 6.20. The highest BCUT2D eigenvalue weighted by atomic mass is 35.5. The SMILES string of the molecule is Cc1ccc(N(c2ccc(C)cc2)c2ccc(C=Cc3ccc(C=C(c4ccc(Cl)cc4)c4ccc(Cl)cc4)o3)cc2)cc1. The van der Waals surface area contributed by atoms with E-state index < -0.39 is 0 Å². The van der Waals surface area contributed by atoms with E-state index in [1.54, 1.807) is 0 Å². The molecule has 0 bridgehead atoms. The van der Waals surface area contributed by atoms with Crippen molar-refractivity contribution < 1.29 is 4.42 Å². The van der Waals surface area contributed by atoms with Gasteiger partial charge in [-0.25, -0.2) is 0 Å². The number of halogens is 2. The van der Waals surface area contributed by atoms with E-state index >= 15 is 0 Å².